The topological polar surface area (TPSA) is 321 Å². The molecule has 15 N–H and O–H groups in total. The van der Waals surface area contributed by atoms with Crippen molar-refractivity contribution in [2.24, 2.45) is 0 Å². The molecule has 0 radical (unpaired) electrons. The molecule has 0 saturated heterocycles. The molecule has 0 aromatic heterocycles. The van der Waals surface area contributed by atoms with Crippen molar-refractivity contribution in [1.29, 1.82) is 0 Å². The Bertz CT molecular complexity index is 398. The van der Waals surface area contributed by atoms with Crippen LogP contribution in [0.5, 0.6) is 0 Å². The van der Waals surface area contributed by atoms with Crippen LogP contribution in [0.25, 0.3) is 0 Å². The van der Waals surface area contributed by atoms with Gasteiger partial charge in [-0.25, -0.2) is 0 Å². The first-order valence-corrected chi connectivity index (χ1v) is 9.11. The molecule has 0 heterocycles. The maximum absolute atomic E-state index is 10.5. The van der Waals surface area contributed by atoms with Gasteiger partial charge in [0.05, 0.1) is 33.0 Å². The third-order valence-electron chi connectivity index (χ3n) is 3.72. The zero-order valence-corrected chi connectivity index (χ0v) is 17.1. The van der Waals surface area contributed by atoms with Gasteiger partial charge in [0.25, 0.3) is 0 Å². The second-order valence-corrected chi connectivity index (χ2v) is 6.29. The van der Waals surface area contributed by atoms with Crippen LogP contribution >= 0.6 is 0 Å². The molecule has 0 aromatic rings. The van der Waals surface area contributed by atoms with E-state index in [4.69, 9.17) is 76.6 Å². The van der Waals surface area contributed by atoms with Crippen molar-refractivity contribution < 1.29 is 81.4 Å². The highest BCUT2D eigenvalue weighted by molar-refractivity contribution is 5.84. The summed E-state index contributed by atoms with van der Waals surface area (Å²) in [6, 6.07) is 0. The lowest BCUT2D eigenvalue weighted by Gasteiger charge is -2.19. The Kier molecular flexibility index (Phi) is 23.0. The molecule has 0 rings (SSSR count). The van der Waals surface area contributed by atoms with E-state index in [0.717, 1.165) is 0 Å². The number of carbonyl (C=O) groups excluding carboxylic acids is 1. The van der Waals surface area contributed by atoms with Gasteiger partial charge in [0, 0.05) is 0 Å². The molecule has 0 amide bonds. The van der Waals surface area contributed by atoms with Crippen molar-refractivity contribution >= 4 is 5.78 Å². The number of rotatable bonds is 13. The predicted octanol–water partition coefficient (Wildman–Crippen LogP) is -9.27. The molecule has 9 atom stereocenters. The molecule has 0 saturated carbocycles. The highest BCUT2D eigenvalue weighted by atomic mass is 16.4. The number of aliphatic hydroxyl groups excluding tert-OH is 15. The van der Waals surface area contributed by atoms with Crippen LogP contribution in [0.15, 0.2) is 0 Å². The quantitative estimate of drug-likeness (QED) is 0.115. The predicted molar refractivity (Wildman–Crippen MR) is 102 cm³/mol. The van der Waals surface area contributed by atoms with Crippen LogP contribution in [0.3, 0.4) is 0 Å². The lowest BCUT2D eigenvalue weighted by molar-refractivity contribution is -0.142. The van der Waals surface area contributed by atoms with Gasteiger partial charge in [-0.15, -0.1) is 0 Å². The van der Waals surface area contributed by atoms with Crippen LogP contribution in [0.4, 0.5) is 0 Å². The Morgan fingerprint density at radius 1 is 0.438 bits per heavy atom. The molecule has 0 aliphatic carbocycles. The molecular formula is C16H36O16. The Labute approximate surface area is 182 Å². The number of ketones is 1. The fourth-order valence-electron chi connectivity index (χ4n) is 1.55. The summed E-state index contributed by atoms with van der Waals surface area (Å²) in [5, 5.41) is 128. The van der Waals surface area contributed by atoms with Crippen molar-refractivity contribution in [3.05, 3.63) is 0 Å². The van der Waals surface area contributed by atoms with Crippen LogP contribution < -0.4 is 0 Å². The summed E-state index contributed by atoms with van der Waals surface area (Å²) in [6.45, 7) is -4.25. The van der Waals surface area contributed by atoms with Gasteiger partial charge in [-0.2, -0.15) is 0 Å². The summed E-state index contributed by atoms with van der Waals surface area (Å²) in [5.41, 5.74) is 0. The van der Waals surface area contributed by atoms with Gasteiger partial charge in [0.15, 0.2) is 5.78 Å². The van der Waals surface area contributed by atoms with Gasteiger partial charge in [-0.3, -0.25) is 4.79 Å². The summed E-state index contributed by atoms with van der Waals surface area (Å²) in [6.07, 6.45) is -13.8. The van der Waals surface area contributed by atoms with Gasteiger partial charge in [-0.05, 0) is 0 Å². The van der Waals surface area contributed by atoms with E-state index in [9.17, 15) is 4.79 Å². The van der Waals surface area contributed by atoms with Gasteiger partial charge in [0.1, 0.15) is 61.5 Å². The van der Waals surface area contributed by atoms with E-state index in [1.165, 1.54) is 0 Å². The Morgan fingerprint density at radius 2 is 0.656 bits per heavy atom. The summed E-state index contributed by atoms with van der Waals surface area (Å²) < 4.78 is 0. The fourth-order valence-corrected chi connectivity index (χ4v) is 1.55. The van der Waals surface area contributed by atoms with Crippen molar-refractivity contribution in [2.75, 3.05) is 39.6 Å². The number of carbonyl (C=O) groups is 1. The lowest BCUT2D eigenvalue weighted by atomic mass is 10.1. The van der Waals surface area contributed by atoms with Gasteiger partial charge >= 0.3 is 0 Å². The van der Waals surface area contributed by atoms with E-state index >= 15 is 0 Å². The molecule has 32 heavy (non-hydrogen) atoms. The first-order valence-electron chi connectivity index (χ1n) is 9.11. The van der Waals surface area contributed by atoms with E-state index < -0.39 is 100 Å². The molecule has 0 bridgehead atoms. The maximum atomic E-state index is 10.5. The largest absolute Gasteiger partial charge is 0.394 e. The van der Waals surface area contributed by atoms with Crippen LogP contribution in [0.2, 0.25) is 0 Å². The number of aliphatic hydroxyl groups is 15. The Balaban J connectivity index is -0.000000397. The van der Waals surface area contributed by atoms with E-state index in [1.54, 1.807) is 0 Å². The SMILES string of the molecule is O=C(CO)[C@H](O)[C@@H](O)[C@H](O)CO.OC[C@@H](O)[C@H](O)[C@@H](O)CO.OC[C@@H](O)[C@H](O)[C@@H](O)CO. The standard InChI is InChI=1S/C6H12O6.2C5H12O5/c7-1-3(9)5(11)6(12)4(10)2-8;2*6-1-3(8)5(10)4(9)2-7/h3,5-9,11-12H,1-2H2;2*3-10H,1-2H2/t3-,5+,6+;2*3-,4+,5+/m1../s1. The minimum Gasteiger partial charge on any atom is -0.394 e. The summed E-state index contributed by atoms with van der Waals surface area (Å²) in [5.74, 6) is -1.00. The zero-order chi connectivity index (χ0) is 26.0. The van der Waals surface area contributed by atoms with Gasteiger partial charge < -0.3 is 76.6 Å². The Morgan fingerprint density at radius 3 is 0.844 bits per heavy atom. The van der Waals surface area contributed by atoms with Crippen molar-refractivity contribution in [2.45, 2.75) is 54.9 Å². The highest BCUT2D eigenvalue weighted by Crippen LogP contribution is 2.01. The third kappa shape index (κ3) is 15.0. The number of hydrogen-bond acceptors (Lipinski definition) is 16. The lowest BCUT2D eigenvalue weighted by Crippen LogP contribution is -2.44. The Hall–Kier alpha value is -0.930. The summed E-state index contributed by atoms with van der Waals surface area (Å²) >= 11 is 0. The first-order chi connectivity index (χ1) is 14.8. The first kappa shape index (κ1) is 35.7. The minimum atomic E-state index is -1.86. The van der Waals surface area contributed by atoms with Crippen molar-refractivity contribution in [3.63, 3.8) is 0 Å². The second kappa shape index (κ2) is 20.7. The monoisotopic (exact) mass is 484 g/mol. The minimum absolute atomic E-state index is 0.641. The average Bonchev–Trinajstić information content (AvgIpc) is 2.84. The van der Waals surface area contributed by atoms with E-state index in [1.807, 2.05) is 0 Å². The molecule has 0 fully saturated rings. The van der Waals surface area contributed by atoms with Crippen LogP contribution in [0.1, 0.15) is 0 Å². The molecule has 0 aromatic carbocycles. The fraction of sp³-hybridized carbons (Fsp3) is 0.938. The molecule has 0 aliphatic heterocycles. The normalized spacial score (nSPS) is 19.5. The molecule has 0 aliphatic rings. The second-order valence-electron chi connectivity index (χ2n) is 6.29. The van der Waals surface area contributed by atoms with E-state index in [-0.39, 0.29) is 0 Å². The number of hydrogen-bond donors (Lipinski definition) is 15. The molecule has 16 nitrogen and oxygen atoms in total. The summed E-state index contributed by atoms with van der Waals surface area (Å²) in [4.78, 5) is 10.5. The van der Waals surface area contributed by atoms with E-state index in [0.29, 0.717) is 0 Å². The average molecular weight is 484 g/mol. The van der Waals surface area contributed by atoms with Crippen LogP contribution in [0, 0.1) is 0 Å². The highest BCUT2D eigenvalue weighted by Gasteiger charge is 2.29. The van der Waals surface area contributed by atoms with Crippen LogP contribution in [-0.4, -0.2) is 177 Å². The molecule has 0 spiro atoms. The van der Waals surface area contributed by atoms with E-state index in [2.05, 4.69) is 0 Å². The molecular weight excluding hydrogens is 448 g/mol. The van der Waals surface area contributed by atoms with Crippen molar-refractivity contribution in [1.82, 2.24) is 0 Å². The maximum Gasteiger partial charge on any atom is 0.189 e. The molecule has 196 valence electrons. The van der Waals surface area contributed by atoms with Gasteiger partial charge in [0.2, 0.25) is 0 Å². The molecule has 16 heteroatoms. The number of Topliss-reactive ketones (excluding diaryl/α,β-unsaturated/α-hetero) is 1. The third-order valence-corrected chi connectivity index (χ3v) is 3.72. The zero-order valence-electron chi connectivity index (χ0n) is 17.1. The van der Waals surface area contributed by atoms with Crippen molar-refractivity contribution in [3.8, 4) is 0 Å². The van der Waals surface area contributed by atoms with Gasteiger partial charge in [-0.1, -0.05) is 0 Å². The molecule has 0 unspecified atom stereocenters. The van der Waals surface area contributed by atoms with Crippen LogP contribution in [-0.2, 0) is 4.79 Å². The smallest absolute Gasteiger partial charge is 0.189 e. The summed E-state index contributed by atoms with van der Waals surface area (Å²) in [7, 11) is 0.